The first-order valence-electron chi connectivity index (χ1n) is 7.08. The zero-order valence-corrected chi connectivity index (χ0v) is 10.7. The number of hydrogen-bond donors (Lipinski definition) is 0. The summed E-state index contributed by atoms with van der Waals surface area (Å²) in [7, 11) is 0. The SMILES string of the molecule is CCCCCCCCC[C@H]1C[C@@H](F)CCO1. The van der Waals surface area contributed by atoms with E-state index in [1.807, 2.05) is 0 Å². The fourth-order valence-electron chi connectivity index (χ4n) is 2.36. The van der Waals surface area contributed by atoms with Crippen molar-refractivity contribution in [2.24, 2.45) is 0 Å². The molecular formula is C14H27FO. The van der Waals surface area contributed by atoms with E-state index in [0.29, 0.717) is 19.4 Å². The van der Waals surface area contributed by atoms with Crippen LogP contribution in [0, 0.1) is 0 Å². The van der Waals surface area contributed by atoms with E-state index in [0.717, 1.165) is 6.42 Å². The van der Waals surface area contributed by atoms with Gasteiger partial charge in [-0.15, -0.1) is 0 Å². The molecule has 1 nitrogen and oxygen atoms in total. The monoisotopic (exact) mass is 230 g/mol. The van der Waals surface area contributed by atoms with E-state index < -0.39 is 6.17 Å². The highest BCUT2D eigenvalue weighted by molar-refractivity contribution is 4.70. The Morgan fingerprint density at radius 3 is 2.44 bits per heavy atom. The lowest BCUT2D eigenvalue weighted by Gasteiger charge is -2.25. The molecule has 1 fully saturated rings. The van der Waals surface area contributed by atoms with Crippen molar-refractivity contribution in [3.05, 3.63) is 0 Å². The standard InChI is InChI=1S/C14H27FO/c1-2-3-4-5-6-7-8-9-14-12-13(15)10-11-16-14/h13-14H,2-12H2,1H3/t13-,14-/m0/s1. The van der Waals surface area contributed by atoms with E-state index in [1.165, 1.54) is 44.9 Å². The van der Waals surface area contributed by atoms with Crippen LogP contribution in [0.15, 0.2) is 0 Å². The number of ether oxygens (including phenoxy) is 1. The van der Waals surface area contributed by atoms with Crippen molar-refractivity contribution >= 4 is 0 Å². The number of alkyl halides is 1. The largest absolute Gasteiger partial charge is 0.378 e. The van der Waals surface area contributed by atoms with Crippen molar-refractivity contribution in [1.29, 1.82) is 0 Å². The Balaban J connectivity index is 1.86. The van der Waals surface area contributed by atoms with Gasteiger partial charge in [-0.3, -0.25) is 0 Å². The Kier molecular flexibility index (Phi) is 7.83. The van der Waals surface area contributed by atoms with E-state index in [1.54, 1.807) is 0 Å². The van der Waals surface area contributed by atoms with Gasteiger partial charge in [-0.05, 0) is 6.42 Å². The molecule has 0 aromatic heterocycles. The Hall–Kier alpha value is -0.110. The van der Waals surface area contributed by atoms with Crippen LogP contribution >= 0.6 is 0 Å². The Morgan fingerprint density at radius 2 is 1.75 bits per heavy atom. The van der Waals surface area contributed by atoms with E-state index in [9.17, 15) is 4.39 Å². The van der Waals surface area contributed by atoms with Gasteiger partial charge in [0, 0.05) is 19.4 Å². The minimum Gasteiger partial charge on any atom is -0.378 e. The zero-order valence-electron chi connectivity index (χ0n) is 10.7. The summed E-state index contributed by atoms with van der Waals surface area (Å²) in [5.74, 6) is 0. The van der Waals surface area contributed by atoms with E-state index in [-0.39, 0.29) is 6.10 Å². The first-order valence-corrected chi connectivity index (χ1v) is 7.08. The van der Waals surface area contributed by atoms with Gasteiger partial charge in [0.05, 0.1) is 6.10 Å². The van der Waals surface area contributed by atoms with Crippen molar-refractivity contribution in [2.75, 3.05) is 6.61 Å². The topological polar surface area (TPSA) is 9.23 Å². The van der Waals surface area contributed by atoms with Gasteiger partial charge in [0.15, 0.2) is 0 Å². The van der Waals surface area contributed by atoms with Crippen LogP contribution in [-0.4, -0.2) is 18.9 Å². The zero-order chi connectivity index (χ0) is 11.6. The molecule has 1 aliphatic rings. The molecule has 0 saturated carbocycles. The lowest BCUT2D eigenvalue weighted by atomic mass is 10.0. The van der Waals surface area contributed by atoms with Crippen LogP contribution in [0.2, 0.25) is 0 Å². The summed E-state index contributed by atoms with van der Waals surface area (Å²) in [6.07, 6.45) is 11.2. The average Bonchev–Trinajstić information content (AvgIpc) is 2.28. The van der Waals surface area contributed by atoms with Crippen molar-refractivity contribution in [1.82, 2.24) is 0 Å². The van der Waals surface area contributed by atoms with Crippen LogP contribution in [0.25, 0.3) is 0 Å². The van der Waals surface area contributed by atoms with Gasteiger partial charge in [-0.1, -0.05) is 51.9 Å². The maximum atomic E-state index is 13.1. The highest BCUT2D eigenvalue weighted by Crippen LogP contribution is 2.21. The van der Waals surface area contributed by atoms with E-state index >= 15 is 0 Å². The van der Waals surface area contributed by atoms with Gasteiger partial charge in [0.1, 0.15) is 6.17 Å². The van der Waals surface area contributed by atoms with E-state index in [2.05, 4.69) is 6.92 Å². The predicted octanol–water partition coefficient (Wildman–Crippen LogP) is 4.64. The third-order valence-electron chi connectivity index (χ3n) is 3.43. The Morgan fingerprint density at radius 1 is 1.06 bits per heavy atom. The van der Waals surface area contributed by atoms with Crippen molar-refractivity contribution in [2.45, 2.75) is 83.4 Å². The molecule has 0 amide bonds. The smallest absolute Gasteiger partial charge is 0.105 e. The number of hydrogen-bond acceptors (Lipinski definition) is 1. The highest BCUT2D eigenvalue weighted by atomic mass is 19.1. The molecule has 1 rings (SSSR count). The molecule has 16 heavy (non-hydrogen) atoms. The van der Waals surface area contributed by atoms with Crippen molar-refractivity contribution in [3.8, 4) is 0 Å². The fraction of sp³-hybridized carbons (Fsp3) is 1.00. The molecular weight excluding hydrogens is 203 g/mol. The Labute approximate surface area is 99.8 Å². The van der Waals surface area contributed by atoms with Crippen LogP contribution in [0.3, 0.4) is 0 Å². The molecule has 1 saturated heterocycles. The third-order valence-corrected chi connectivity index (χ3v) is 3.43. The van der Waals surface area contributed by atoms with Crippen LogP contribution in [0.1, 0.15) is 71.1 Å². The quantitative estimate of drug-likeness (QED) is 0.552. The number of unbranched alkanes of at least 4 members (excludes halogenated alkanes) is 6. The second-order valence-electron chi connectivity index (χ2n) is 5.02. The van der Waals surface area contributed by atoms with Crippen LogP contribution in [-0.2, 0) is 4.74 Å². The number of rotatable bonds is 8. The predicted molar refractivity (Wildman–Crippen MR) is 66.5 cm³/mol. The van der Waals surface area contributed by atoms with Crippen molar-refractivity contribution in [3.63, 3.8) is 0 Å². The molecule has 0 aliphatic carbocycles. The first kappa shape index (κ1) is 14.0. The van der Waals surface area contributed by atoms with Gasteiger partial charge in [0.2, 0.25) is 0 Å². The second kappa shape index (κ2) is 8.98. The highest BCUT2D eigenvalue weighted by Gasteiger charge is 2.21. The van der Waals surface area contributed by atoms with Crippen LogP contribution < -0.4 is 0 Å². The first-order chi connectivity index (χ1) is 7.83. The fourth-order valence-corrected chi connectivity index (χ4v) is 2.36. The van der Waals surface area contributed by atoms with Crippen molar-refractivity contribution < 1.29 is 9.13 Å². The maximum absolute atomic E-state index is 13.1. The molecule has 0 aromatic rings. The van der Waals surface area contributed by atoms with Gasteiger partial charge >= 0.3 is 0 Å². The molecule has 96 valence electrons. The second-order valence-corrected chi connectivity index (χ2v) is 5.02. The van der Waals surface area contributed by atoms with Crippen LogP contribution in [0.5, 0.6) is 0 Å². The lowest BCUT2D eigenvalue weighted by Crippen LogP contribution is -2.26. The lowest BCUT2D eigenvalue weighted by molar-refractivity contribution is -0.0227. The summed E-state index contributed by atoms with van der Waals surface area (Å²) in [6, 6.07) is 0. The molecule has 0 N–H and O–H groups in total. The minimum absolute atomic E-state index is 0.208. The van der Waals surface area contributed by atoms with Crippen LogP contribution in [0.4, 0.5) is 4.39 Å². The Bertz CT molecular complexity index is 161. The summed E-state index contributed by atoms with van der Waals surface area (Å²) < 4.78 is 18.6. The average molecular weight is 230 g/mol. The molecule has 0 unspecified atom stereocenters. The molecule has 0 spiro atoms. The minimum atomic E-state index is -0.608. The maximum Gasteiger partial charge on any atom is 0.105 e. The van der Waals surface area contributed by atoms with E-state index in [4.69, 9.17) is 4.74 Å². The molecule has 1 aliphatic heterocycles. The molecule has 0 aromatic carbocycles. The molecule has 0 bridgehead atoms. The normalized spacial score (nSPS) is 25.9. The van der Waals surface area contributed by atoms with Gasteiger partial charge in [0.25, 0.3) is 0 Å². The summed E-state index contributed by atoms with van der Waals surface area (Å²) >= 11 is 0. The third kappa shape index (κ3) is 6.47. The molecule has 2 heteroatoms. The molecule has 0 radical (unpaired) electrons. The van der Waals surface area contributed by atoms with Gasteiger partial charge in [-0.2, -0.15) is 0 Å². The summed E-state index contributed by atoms with van der Waals surface area (Å²) in [4.78, 5) is 0. The molecule has 2 atom stereocenters. The molecule has 1 heterocycles. The van der Waals surface area contributed by atoms with Gasteiger partial charge < -0.3 is 4.74 Å². The van der Waals surface area contributed by atoms with Gasteiger partial charge in [-0.25, -0.2) is 4.39 Å². The number of halogens is 1. The summed E-state index contributed by atoms with van der Waals surface area (Å²) in [5, 5.41) is 0. The summed E-state index contributed by atoms with van der Waals surface area (Å²) in [5.41, 5.74) is 0. The summed E-state index contributed by atoms with van der Waals surface area (Å²) in [6.45, 7) is 2.87.